The molecule has 0 saturated heterocycles. The zero-order chi connectivity index (χ0) is 17.7. The lowest BCUT2D eigenvalue weighted by molar-refractivity contribution is -0.125. The number of benzene rings is 1. The first kappa shape index (κ1) is 17.7. The zero-order valence-corrected chi connectivity index (χ0v) is 14.5. The predicted molar refractivity (Wildman–Crippen MR) is 91.1 cm³/mol. The molecule has 1 heterocycles. The molecular formula is C18H23N3O3. The Bertz CT molecular complexity index is 717. The lowest BCUT2D eigenvalue weighted by Gasteiger charge is -2.24. The van der Waals surface area contributed by atoms with E-state index in [0.717, 1.165) is 17.8 Å². The van der Waals surface area contributed by atoms with E-state index in [0.29, 0.717) is 5.56 Å². The molecule has 2 aromatic rings. The Labute approximate surface area is 141 Å². The number of aromatic nitrogens is 2. The Morgan fingerprint density at radius 3 is 2.42 bits per heavy atom. The average Bonchev–Trinajstić information content (AvgIpc) is 2.98. The first-order valence-electron chi connectivity index (χ1n) is 7.91. The lowest BCUT2D eigenvalue weighted by Crippen LogP contribution is -2.44. The van der Waals surface area contributed by atoms with Crippen molar-refractivity contribution >= 4 is 11.9 Å². The summed E-state index contributed by atoms with van der Waals surface area (Å²) in [5.41, 5.74) is 1.94. The minimum atomic E-state index is -0.525. The third-order valence-electron chi connectivity index (χ3n) is 3.88. The molecule has 1 N–H and O–H groups in total. The van der Waals surface area contributed by atoms with Crippen LogP contribution in [0.1, 0.15) is 43.2 Å². The van der Waals surface area contributed by atoms with Crippen LogP contribution < -0.4 is 5.32 Å². The van der Waals surface area contributed by atoms with Gasteiger partial charge in [0.1, 0.15) is 0 Å². The van der Waals surface area contributed by atoms with Crippen LogP contribution in [0.15, 0.2) is 36.5 Å². The summed E-state index contributed by atoms with van der Waals surface area (Å²) in [6, 6.07) is 8.80. The molecule has 6 heteroatoms. The van der Waals surface area contributed by atoms with Gasteiger partial charge in [-0.15, -0.1) is 0 Å². The Balaban J connectivity index is 1.94. The number of hydrogen-bond donors (Lipinski definition) is 1. The summed E-state index contributed by atoms with van der Waals surface area (Å²) >= 11 is 0. The van der Waals surface area contributed by atoms with Gasteiger partial charge in [-0.25, -0.2) is 9.48 Å². The highest BCUT2D eigenvalue weighted by Crippen LogP contribution is 2.12. The monoisotopic (exact) mass is 329 g/mol. The van der Waals surface area contributed by atoms with Crippen LogP contribution in [0.4, 0.5) is 0 Å². The van der Waals surface area contributed by atoms with Gasteiger partial charge in [-0.2, -0.15) is 5.10 Å². The van der Waals surface area contributed by atoms with E-state index in [2.05, 4.69) is 10.4 Å². The molecular weight excluding hydrogens is 306 g/mol. The number of carbonyl (C=O) groups excluding carboxylic acids is 2. The number of nitrogens with zero attached hydrogens (tertiary/aromatic N) is 2. The Morgan fingerprint density at radius 2 is 1.88 bits per heavy atom. The van der Waals surface area contributed by atoms with Gasteiger partial charge < -0.3 is 10.1 Å². The van der Waals surface area contributed by atoms with E-state index < -0.39 is 5.97 Å². The zero-order valence-electron chi connectivity index (χ0n) is 14.5. The van der Waals surface area contributed by atoms with Gasteiger partial charge in [0.2, 0.25) is 0 Å². The largest absolute Gasteiger partial charge is 0.452 e. The fraction of sp³-hybridized carbons (Fsp3) is 0.389. The number of ether oxygens (including phenoxy) is 1. The molecule has 2 rings (SSSR count). The Hall–Kier alpha value is -2.63. The lowest BCUT2D eigenvalue weighted by atomic mass is 10.0. The van der Waals surface area contributed by atoms with E-state index in [9.17, 15) is 9.59 Å². The number of rotatable bonds is 6. The molecule has 0 saturated carbocycles. The Morgan fingerprint density at radius 1 is 1.21 bits per heavy atom. The van der Waals surface area contributed by atoms with Gasteiger partial charge in [-0.1, -0.05) is 6.92 Å². The number of aryl methyl sites for hydroxylation is 1. The van der Waals surface area contributed by atoms with Crippen LogP contribution in [-0.4, -0.2) is 33.8 Å². The fourth-order valence-electron chi connectivity index (χ4n) is 2.09. The SMILES string of the molecule is CCC(C)(C)NC(=O)COC(=O)c1ccc(-n2nccc2C)cc1. The molecule has 0 atom stereocenters. The maximum Gasteiger partial charge on any atom is 0.338 e. The van der Waals surface area contributed by atoms with Crippen molar-refractivity contribution in [2.75, 3.05) is 6.61 Å². The predicted octanol–water partition coefficient (Wildman–Crippen LogP) is 2.64. The van der Waals surface area contributed by atoms with Crippen molar-refractivity contribution in [1.82, 2.24) is 15.1 Å². The van der Waals surface area contributed by atoms with Gasteiger partial charge in [0, 0.05) is 17.4 Å². The average molecular weight is 329 g/mol. The fourth-order valence-corrected chi connectivity index (χ4v) is 2.09. The standard InChI is InChI=1S/C18H23N3O3/c1-5-18(3,4)20-16(22)12-24-17(23)14-6-8-15(9-7-14)21-13(2)10-11-19-21/h6-11H,5,12H2,1-4H3,(H,20,22). The van der Waals surface area contributed by atoms with E-state index in [1.54, 1.807) is 35.1 Å². The van der Waals surface area contributed by atoms with E-state index in [1.807, 2.05) is 33.8 Å². The second kappa shape index (κ2) is 7.29. The molecule has 24 heavy (non-hydrogen) atoms. The van der Waals surface area contributed by atoms with E-state index in [4.69, 9.17) is 4.74 Å². The highest BCUT2D eigenvalue weighted by Gasteiger charge is 2.19. The number of carbonyl (C=O) groups is 2. The van der Waals surface area contributed by atoms with E-state index in [1.165, 1.54) is 0 Å². The van der Waals surface area contributed by atoms with Crippen LogP contribution in [0.2, 0.25) is 0 Å². The maximum absolute atomic E-state index is 12.0. The normalized spacial score (nSPS) is 11.2. The summed E-state index contributed by atoms with van der Waals surface area (Å²) < 4.78 is 6.83. The molecule has 0 unspecified atom stereocenters. The third kappa shape index (κ3) is 4.44. The summed E-state index contributed by atoms with van der Waals surface area (Å²) in [6.07, 6.45) is 2.51. The van der Waals surface area contributed by atoms with Crippen molar-refractivity contribution < 1.29 is 14.3 Å². The molecule has 0 fully saturated rings. The van der Waals surface area contributed by atoms with Crippen LogP contribution in [0.5, 0.6) is 0 Å². The first-order valence-corrected chi connectivity index (χ1v) is 7.91. The number of esters is 1. The molecule has 6 nitrogen and oxygen atoms in total. The first-order chi connectivity index (χ1) is 11.3. The number of hydrogen-bond acceptors (Lipinski definition) is 4. The molecule has 0 radical (unpaired) electrons. The van der Waals surface area contributed by atoms with Gasteiger partial charge in [-0.05, 0) is 57.5 Å². The van der Waals surface area contributed by atoms with Gasteiger partial charge in [0.05, 0.1) is 11.3 Å². The van der Waals surface area contributed by atoms with Crippen molar-refractivity contribution in [3.8, 4) is 5.69 Å². The number of nitrogens with one attached hydrogen (secondary N) is 1. The van der Waals surface area contributed by atoms with Crippen molar-refractivity contribution in [2.24, 2.45) is 0 Å². The van der Waals surface area contributed by atoms with Crippen LogP contribution >= 0.6 is 0 Å². The summed E-state index contributed by atoms with van der Waals surface area (Å²) in [5, 5.41) is 7.03. The van der Waals surface area contributed by atoms with Gasteiger partial charge >= 0.3 is 5.97 Å². The smallest absolute Gasteiger partial charge is 0.338 e. The van der Waals surface area contributed by atoms with Crippen LogP contribution in [-0.2, 0) is 9.53 Å². The number of amides is 1. The van der Waals surface area contributed by atoms with Crippen molar-refractivity contribution in [2.45, 2.75) is 39.7 Å². The summed E-state index contributed by atoms with van der Waals surface area (Å²) in [6.45, 7) is 7.48. The Kier molecular flexibility index (Phi) is 5.39. The van der Waals surface area contributed by atoms with Crippen LogP contribution in [0.3, 0.4) is 0 Å². The van der Waals surface area contributed by atoms with E-state index >= 15 is 0 Å². The van der Waals surface area contributed by atoms with Gasteiger partial charge in [0.15, 0.2) is 6.61 Å². The molecule has 0 spiro atoms. The highest BCUT2D eigenvalue weighted by atomic mass is 16.5. The molecule has 128 valence electrons. The summed E-state index contributed by atoms with van der Waals surface area (Å²) in [4.78, 5) is 23.8. The summed E-state index contributed by atoms with van der Waals surface area (Å²) in [7, 11) is 0. The molecule has 0 aliphatic rings. The second-order valence-electron chi connectivity index (χ2n) is 6.29. The molecule has 1 aromatic heterocycles. The van der Waals surface area contributed by atoms with Crippen LogP contribution in [0.25, 0.3) is 5.69 Å². The molecule has 0 aliphatic heterocycles. The summed E-state index contributed by atoms with van der Waals surface area (Å²) in [5.74, 6) is -0.831. The molecule has 1 amide bonds. The third-order valence-corrected chi connectivity index (χ3v) is 3.88. The second-order valence-corrected chi connectivity index (χ2v) is 6.29. The quantitative estimate of drug-likeness (QED) is 0.827. The van der Waals surface area contributed by atoms with Gasteiger partial charge in [-0.3, -0.25) is 4.79 Å². The molecule has 0 aliphatic carbocycles. The topological polar surface area (TPSA) is 73.2 Å². The van der Waals surface area contributed by atoms with E-state index in [-0.39, 0.29) is 18.1 Å². The molecule has 0 bridgehead atoms. The highest BCUT2D eigenvalue weighted by molar-refractivity contribution is 5.91. The minimum Gasteiger partial charge on any atom is -0.452 e. The minimum absolute atomic E-state index is 0.289. The molecule has 1 aromatic carbocycles. The van der Waals surface area contributed by atoms with Crippen LogP contribution in [0, 0.1) is 6.92 Å². The van der Waals surface area contributed by atoms with Crippen molar-refractivity contribution in [3.63, 3.8) is 0 Å². The van der Waals surface area contributed by atoms with Gasteiger partial charge in [0.25, 0.3) is 5.91 Å². The van der Waals surface area contributed by atoms with Crippen molar-refractivity contribution in [1.29, 1.82) is 0 Å². The maximum atomic E-state index is 12.0. The van der Waals surface area contributed by atoms with Crippen molar-refractivity contribution in [3.05, 3.63) is 47.8 Å².